The molecule has 0 fully saturated rings. The highest BCUT2D eigenvalue weighted by molar-refractivity contribution is 7.19. The van der Waals surface area contributed by atoms with Crippen molar-refractivity contribution in [3.05, 3.63) is 118 Å². The van der Waals surface area contributed by atoms with Gasteiger partial charge in [-0.25, -0.2) is 9.78 Å². The lowest BCUT2D eigenvalue weighted by Gasteiger charge is -2.33. The topological polar surface area (TPSA) is 97.8 Å². The van der Waals surface area contributed by atoms with E-state index in [1.54, 1.807) is 0 Å². The zero-order valence-corrected chi connectivity index (χ0v) is 18.3. The molecule has 0 saturated carbocycles. The van der Waals surface area contributed by atoms with Gasteiger partial charge in [-0.1, -0.05) is 119 Å². The van der Waals surface area contributed by atoms with Crippen molar-refractivity contribution in [2.75, 3.05) is 5.73 Å². The maximum atomic E-state index is 12.0. The Hall–Kier alpha value is -3.68. The molecule has 0 aliphatic rings. The van der Waals surface area contributed by atoms with Crippen LogP contribution in [0.1, 0.15) is 22.4 Å². The highest BCUT2D eigenvalue weighted by atomic mass is 35.5. The minimum atomic E-state index is -1.33. The minimum Gasteiger partial charge on any atom is -0.476 e. The van der Waals surface area contributed by atoms with Gasteiger partial charge in [0, 0.05) is 16.7 Å². The molecule has 0 aliphatic heterocycles. The summed E-state index contributed by atoms with van der Waals surface area (Å²) in [6.45, 7) is 0. The first-order chi connectivity index (χ1) is 15.5. The Morgan fingerprint density at radius 2 is 1.34 bits per heavy atom. The molecule has 0 spiro atoms. The molecular weight excluding hydrogens is 446 g/mol. The lowest BCUT2D eigenvalue weighted by Crippen LogP contribution is -2.32. The number of halogens is 1. The number of thiazole rings is 1. The molecule has 4 aromatic rings. The van der Waals surface area contributed by atoms with Gasteiger partial charge < -0.3 is 15.7 Å². The normalized spacial score (nSPS) is 11.8. The molecule has 1 aromatic heterocycles. The van der Waals surface area contributed by atoms with Crippen LogP contribution in [0.3, 0.4) is 0 Å². The van der Waals surface area contributed by atoms with Crippen LogP contribution in [0.25, 0.3) is 0 Å². The largest absolute Gasteiger partial charge is 0.476 e. The number of benzene rings is 3. The van der Waals surface area contributed by atoms with E-state index in [0.717, 1.165) is 28.0 Å². The number of hydrogen-bond acceptors (Lipinski definition) is 6. The summed E-state index contributed by atoms with van der Waals surface area (Å²) in [7, 11) is 0. The van der Waals surface area contributed by atoms with E-state index in [2.05, 4.69) is 10.1 Å². The number of nitrogens with two attached hydrogens (primary N) is 1. The van der Waals surface area contributed by atoms with Crippen molar-refractivity contribution < 1.29 is 14.7 Å². The molecule has 0 amide bonds. The number of aromatic nitrogens is 1. The van der Waals surface area contributed by atoms with Gasteiger partial charge >= 0.3 is 5.97 Å². The van der Waals surface area contributed by atoms with Crippen molar-refractivity contribution in [1.29, 1.82) is 0 Å². The van der Waals surface area contributed by atoms with Crippen LogP contribution in [-0.4, -0.2) is 21.8 Å². The number of nitrogens with zero attached hydrogens (tertiary/aromatic N) is 2. The second kappa shape index (κ2) is 9.21. The number of carboxylic acids is 1. The molecule has 1 heterocycles. The number of rotatable bonds is 7. The van der Waals surface area contributed by atoms with Gasteiger partial charge in [0.2, 0.25) is 11.3 Å². The zero-order chi connectivity index (χ0) is 22.6. The van der Waals surface area contributed by atoms with Gasteiger partial charge in [-0.3, -0.25) is 0 Å². The molecule has 3 N–H and O–H groups in total. The van der Waals surface area contributed by atoms with E-state index >= 15 is 0 Å². The van der Waals surface area contributed by atoms with E-state index in [1.807, 2.05) is 91.0 Å². The summed E-state index contributed by atoms with van der Waals surface area (Å²) >= 11 is 7.13. The Morgan fingerprint density at radius 3 is 1.69 bits per heavy atom. The lowest BCUT2D eigenvalue weighted by molar-refractivity contribution is -0.129. The quantitative estimate of drug-likeness (QED) is 0.223. The first-order valence-corrected chi connectivity index (χ1v) is 10.8. The summed E-state index contributed by atoms with van der Waals surface area (Å²) in [5, 5.41) is 14.1. The zero-order valence-electron chi connectivity index (χ0n) is 16.7. The standard InChI is InChI=1S/C24H18ClN3O3S/c25-21-19(27-23(26)32-21)20(22(29)30)28-31-24(16-10-4-1-5-11-16,17-12-6-2-7-13-17)18-14-8-3-9-15-18/h1-15H,(H2,26,27)(H,29,30). The van der Waals surface area contributed by atoms with E-state index in [9.17, 15) is 9.90 Å². The third-order valence-corrected chi connectivity index (χ3v) is 5.93. The van der Waals surface area contributed by atoms with Crippen LogP contribution in [-0.2, 0) is 15.2 Å². The number of oxime groups is 1. The fraction of sp³-hybridized carbons (Fsp3) is 0.0417. The molecule has 0 bridgehead atoms. The predicted molar refractivity (Wildman–Crippen MR) is 126 cm³/mol. The summed E-state index contributed by atoms with van der Waals surface area (Å²) in [5.41, 5.74) is 6.33. The van der Waals surface area contributed by atoms with Crippen LogP contribution >= 0.6 is 22.9 Å². The van der Waals surface area contributed by atoms with E-state index in [4.69, 9.17) is 22.2 Å². The van der Waals surface area contributed by atoms with E-state index in [1.165, 1.54) is 0 Å². The van der Waals surface area contributed by atoms with Crippen molar-refractivity contribution in [1.82, 2.24) is 4.98 Å². The van der Waals surface area contributed by atoms with Gasteiger partial charge in [0.25, 0.3) is 0 Å². The van der Waals surface area contributed by atoms with Gasteiger partial charge in [-0.2, -0.15) is 0 Å². The van der Waals surface area contributed by atoms with Gasteiger partial charge in [0.15, 0.2) is 5.13 Å². The fourth-order valence-electron chi connectivity index (χ4n) is 3.44. The molecule has 0 saturated heterocycles. The smallest absolute Gasteiger partial charge is 0.360 e. The third-order valence-electron chi connectivity index (χ3n) is 4.84. The molecule has 0 atom stereocenters. The molecule has 160 valence electrons. The third kappa shape index (κ3) is 4.08. The van der Waals surface area contributed by atoms with Gasteiger partial charge in [-0.15, -0.1) is 0 Å². The maximum Gasteiger partial charge on any atom is 0.360 e. The summed E-state index contributed by atoms with van der Waals surface area (Å²) < 4.78 is 0.122. The Kier molecular flexibility index (Phi) is 6.20. The Morgan fingerprint density at radius 1 is 0.906 bits per heavy atom. The predicted octanol–water partition coefficient (Wildman–Crippen LogP) is 5.18. The molecule has 4 rings (SSSR count). The van der Waals surface area contributed by atoms with Crippen molar-refractivity contribution >= 4 is 39.8 Å². The van der Waals surface area contributed by atoms with E-state index < -0.39 is 17.3 Å². The fourth-order valence-corrected chi connectivity index (χ4v) is 4.37. The van der Waals surface area contributed by atoms with Crippen LogP contribution in [0.5, 0.6) is 0 Å². The number of anilines is 1. The van der Waals surface area contributed by atoms with Crippen molar-refractivity contribution in [2.45, 2.75) is 5.60 Å². The molecule has 0 aliphatic carbocycles. The van der Waals surface area contributed by atoms with Crippen LogP contribution in [0.2, 0.25) is 4.34 Å². The van der Waals surface area contributed by atoms with Crippen molar-refractivity contribution in [3.63, 3.8) is 0 Å². The molecule has 8 heteroatoms. The monoisotopic (exact) mass is 463 g/mol. The van der Waals surface area contributed by atoms with Gasteiger partial charge in [0.1, 0.15) is 10.0 Å². The Labute approximate surface area is 193 Å². The van der Waals surface area contributed by atoms with Crippen LogP contribution in [0.4, 0.5) is 5.13 Å². The number of carbonyl (C=O) groups is 1. The summed E-state index contributed by atoms with van der Waals surface area (Å²) in [5.74, 6) is -1.33. The number of hydrogen-bond donors (Lipinski definition) is 2. The Bertz CT molecular complexity index is 1150. The first kappa shape index (κ1) is 21.5. The average molecular weight is 464 g/mol. The van der Waals surface area contributed by atoms with Crippen LogP contribution in [0.15, 0.2) is 96.2 Å². The highest BCUT2D eigenvalue weighted by Crippen LogP contribution is 2.41. The van der Waals surface area contributed by atoms with E-state index in [-0.39, 0.29) is 15.2 Å². The SMILES string of the molecule is Nc1nc(C(=NOC(c2ccccc2)(c2ccccc2)c2ccccc2)C(=O)O)c(Cl)s1. The number of nitrogen functional groups attached to an aromatic ring is 1. The average Bonchev–Trinajstić information content (AvgIpc) is 3.16. The molecule has 0 unspecified atom stereocenters. The van der Waals surface area contributed by atoms with Gasteiger partial charge in [0.05, 0.1) is 0 Å². The van der Waals surface area contributed by atoms with Crippen LogP contribution in [0, 0.1) is 0 Å². The van der Waals surface area contributed by atoms with E-state index in [0.29, 0.717) is 0 Å². The van der Waals surface area contributed by atoms with Crippen molar-refractivity contribution in [3.8, 4) is 0 Å². The molecule has 32 heavy (non-hydrogen) atoms. The number of carboxylic acid groups (broad SMARTS) is 1. The second-order valence-electron chi connectivity index (χ2n) is 6.79. The summed E-state index contributed by atoms with van der Waals surface area (Å²) in [6, 6.07) is 28.5. The maximum absolute atomic E-state index is 12.0. The first-order valence-electron chi connectivity index (χ1n) is 9.60. The number of aliphatic carboxylic acids is 1. The molecule has 3 aromatic carbocycles. The lowest BCUT2D eigenvalue weighted by atomic mass is 9.80. The molecule has 0 radical (unpaired) electrons. The minimum absolute atomic E-state index is 0.0373. The summed E-state index contributed by atoms with van der Waals surface area (Å²) in [4.78, 5) is 22.3. The molecule has 6 nitrogen and oxygen atoms in total. The summed E-state index contributed by atoms with van der Waals surface area (Å²) in [6.07, 6.45) is 0. The van der Waals surface area contributed by atoms with Crippen molar-refractivity contribution in [2.24, 2.45) is 5.16 Å². The second-order valence-corrected chi connectivity index (χ2v) is 8.42. The van der Waals surface area contributed by atoms with Gasteiger partial charge in [-0.05, 0) is 0 Å². The highest BCUT2D eigenvalue weighted by Gasteiger charge is 2.40. The van der Waals surface area contributed by atoms with Crippen LogP contribution < -0.4 is 5.73 Å². The Balaban J connectivity index is 1.96. The molecular formula is C24H18ClN3O3S.